The number of likely N-dealkylation sites (N-methyl/N-ethyl adjacent to an activating group) is 1. The number of halogens is 1. The number of carbonyl (C=O) groups is 1. The van der Waals surface area contributed by atoms with Gasteiger partial charge in [0.1, 0.15) is 5.82 Å². The molecule has 0 radical (unpaired) electrons. The number of nitrogens with one attached hydrogen (secondary N) is 1. The molecule has 0 aromatic heterocycles. The molecule has 2 heterocycles. The van der Waals surface area contributed by atoms with Gasteiger partial charge in [0.2, 0.25) is 0 Å². The SMILES string of the molecule is CC1CN(C)CCCN1c1cc2c(cc1F)C(O)C(=O)N2. The predicted molar refractivity (Wildman–Crippen MR) is 78.9 cm³/mol. The molecule has 114 valence electrons. The molecule has 2 atom stereocenters. The second kappa shape index (κ2) is 5.27. The third kappa shape index (κ3) is 2.49. The number of carbonyl (C=O) groups excluding carboxylic acids is 1. The van der Waals surface area contributed by atoms with Crippen LogP contribution in [0.1, 0.15) is 25.0 Å². The summed E-state index contributed by atoms with van der Waals surface area (Å²) in [5.41, 5.74) is 1.32. The maximum absolute atomic E-state index is 14.4. The Morgan fingerprint density at radius 1 is 1.38 bits per heavy atom. The fourth-order valence-electron chi connectivity index (χ4n) is 3.20. The molecule has 6 heteroatoms. The average molecular weight is 293 g/mol. The van der Waals surface area contributed by atoms with Gasteiger partial charge >= 0.3 is 0 Å². The summed E-state index contributed by atoms with van der Waals surface area (Å²) in [7, 11) is 2.07. The van der Waals surface area contributed by atoms with E-state index in [2.05, 4.69) is 24.2 Å². The molecule has 0 bridgehead atoms. The third-order valence-electron chi connectivity index (χ3n) is 4.28. The maximum Gasteiger partial charge on any atom is 0.257 e. The van der Waals surface area contributed by atoms with Crippen molar-refractivity contribution < 1.29 is 14.3 Å². The lowest BCUT2D eigenvalue weighted by atomic mass is 10.1. The lowest BCUT2D eigenvalue weighted by Gasteiger charge is -2.30. The zero-order valence-corrected chi connectivity index (χ0v) is 12.3. The summed E-state index contributed by atoms with van der Waals surface area (Å²) in [6.07, 6.45) is -0.303. The first kappa shape index (κ1) is 14.3. The van der Waals surface area contributed by atoms with Crippen molar-refractivity contribution in [2.24, 2.45) is 0 Å². The maximum atomic E-state index is 14.4. The van der Waals surface area contributed by atoms with E-state index < -0.39 is 12.0 Å². The van der Waals surface area contributed by atoms with Crippen molar-refractivity contribution in [3.05, 3.63) is 23.5 Å². The highest BCUT2D eigenvalue weighted by molar-refractivity contribution is 6.02. The van der Waals surface area contributed by atoms with Crippen molar-refractivity contribution in [3.8, 4) is 0 Å². The molecule has 2 aliphatic heterocycles. The Kier molecular flexibility index (Phi) is 3.59. The van der Waals surface area contributed by atoms with E-state index in [4.69, 9.17) is 0 Å². The molecule has 1 aromatic carbocycles. The molecule has 2 N–H and O–H groups in total. The van der Waals surface area contributed by atoms with Gasteiger partial charge in [-0.1, -0.05) is 0 Å². The summed E-state index contributed by atoms with van der Waals surface area (Å²) in [5.74, 6) is -0.883. The van der Waals surface area contributed by atoms with Gasteiger partial charge in [0, 0.05) is 30.4 Å². The van der Waals surface area contributed by atoms with Crippen molar-refractivity contribution in [2.45, 2.75) is 25.5 Å². The normalized spacial score (nSPS) is 26.5. The molecule has 1 amide bonds. The molecule has 1 aromatic rings. The number of nitrogens with zero attached hydrogens (tertiary/aromatic N) is 2. The van der Waals surface area contributed by atoms with Crippen LogP contribution >= 0.6 is 0 Å². The van der Waals surface area contributed by atoms with Crippen molar-refractivity contribution >= 4 is 17.3 Å². The molecular formula is C15H20FN3O2. The minimum Gasteiger partial charge on any atom is -0.378 e. The van der Waals surface area contributed by atoms with Gasteiger partial charge in [-0.05, 0) is 39.1 Å². The fraction of sp³-hybridized carbons (Fsp3) is 0.533. The fourth-order valence-corrected chi connectivity index (χ4v) is 3.20. The van der Waals surface area contributed by atoms with E-state index >= 15 is 0 Å². The van der Waals surface area contributed by atoms with Crippen LogP contribution in [0.25, 0.3) is 0 Å². The van der Waals surface area contributed by atoms with E-state index in [9.17, 15) is 14.3 Å². The van der Waals surface area contributed by atoms with Gasteiger partial charge < -0.3 is 20.2 Å². The molecule has 5 nitrogen and oxygen atoms in total. The van der Waals surface area contributed by atoms with Crippen LogP contribution in [0.4, 0.5) is 15.8 Å². The molecule has 1 fully saturated rings. The summed E-state index contributed by atoms with van der Waals surface area (Å²) < 4.78 is 14.4. The van der Waals surface area contributed by atoms with E-state index in [0.717, 1.165) is 26.1 Å². The van der Waals surface area contributed by atoms with E-state index in [1.54, 1.807) is 6.07 Å². The van der Waals surface area contributed by atoms with Crippen LogP contribution in [-0.4, -0.2) is 48.6 Å². The molecule has 0 spiro atoms. The number of anilines is 2. The van der Waals surface area contributed by atoms with Gasteiger partial charge in [0.05, 0.1) is 5.69 Å². The molecule has 3 rings (SSSR count). The van der Waals surface area contributed by atoms with Crippen LogP contribution in [0, 0.1) is 5.82 Å². The Hall–Kier alpha value is -1.66. The number of fused-ring (bicyclic) bond motifs is 1. The first-order valence-corrected chi connectivity index (χ1v) is 7.25. The molecule has 0 saturated carbocycles. The highest BCUT2D eigenvalue weighted by Crippen LogP contribution is 2.36. The summed E-state index contributed by atoms with van der Waals surface area (Å²) in [6, 6.07) is 3.10. The van der Waals surface area contributed by atoms with Crippen molar-refractivity contribution in [1.82, 2.24) is 4.90 Å². The van der Waals surface area contributed by atoms with E-state index in [0.29, 0.717) is 16.9 Å². The average Bonchev–Trinajstić information content (AvgIpc) is 2.59. The Labute approximate surface area is 123 Å². The monoisotopic (exact) mass is 293 g/mol. The minimum absolute atomic E-state index is 0.187. The lowest BCUT2D eigenvalue weighted by Crippen LogP contribution is -2.38. The number of benzene rings is 1. The molecule has 2 aliphatic rings. The lowest BCUT2D eigenvalue weighted by molar-refractivity contribution is -0.123. The van der Waals surface area contributed by atoms with Crippen LogP contribution in [-0.2, 0) is 4.79 Å². The van der Waals surface area contributed by atoms with Crippen molar-refractivity contribution in [2.75, 3.05) is 36.9 Å². The van der Waals surface area contributed by atoms with E-state index in [1.807, 2.05) is 4.90 Å². The van der Waals surface area contributed by atoms with Crippen LogP contribution in [0.3, 0.4) is 0 Å². The quantitative estimate of drug-likeness (QED) is 0.820. The highest BCUT2D eigenvalue weighted by Gasteiger charge is 2.31. The minimum atomic E-state index is -1.27. The molecule has 2 unspecified atom stereocenters. The highest BCUT2D eigenvalue weighted by atomic mass is 19.1. The zero-order valence-electron chi connectivity index (χ0n) is 12.3. The molecule has 0 aliphatic carbocycles. The van der Waals surface area contributed by atoms with Gasteiger partial charge in [-0.15, -0.1) is 0 Å². The first-order chi connectivity index (χ1) is 9.97. The van der Waals surface area contributed by atoms with Gasteiger partial charge in [-0.3, -0.25) is 4.79 Å². The second-order valence-electron chi connectivity index (χ2n) is 5.94. The standard InChI is InChI=1S/C15H20FN3O2/c1-9-8-18(2)4-3-5-19(9)13-7-12-10(6-11(13)16)14(20)15(21)17-12/h6-7,9,14,20H,3-5,8H2,1-2H3,(H,17,21). The summed E-state index contributed by atoms with van der Waals surface area (Å²) in [4.78, 5) is 15.8. The second-order valence-corrected chi connectivity index (χ2v) is 5.94. The third-order valence-corrected chi connectivity index (χ3v) is 4.28. The first-order valence-electron chi connectivity index (χ1n) is 7.25. The summed E-state index contributed by atoms with van der Waals surface area (Å²) in [6.45, 7) is 4.70. The van der Waals surface area contributed by atoms with Gasteiger partial charge in [0.15, 0.2) is 6.10 Å². The van der Waals surface area contributed by atoms with E-state index in [1.165, 1.54) is 6.07 Å². The van der Waals surface area contributed by atoms with Crippen LogP contribution < -0.4 is 10.2 Å². The number of hydrogen-bond acceptors (Lipinski definition) is 4. The van der Waals surface area contributed by atoms with Crippen LogP contribution in [0.2, 0.25) is 0 Å². The predicted octanol–water partition coefficient (Wildman–Crippen LogP) is 1.34. The topological polar surface area (TPSA) is 55.8 Å². The van der Waals surface area contributed by atoms with Crippen LogP contribution in [0.15, 0.2) is 12.1 Å². The Morgan fingerprint density at radius 3 is 2.90 bits per heavy atom. The smallest absolute Gasteiger partial charge is 0.257 e. The number of hydrogen-bond donors (Lipinski definition) is 2. The number of aliphatic hydroxyl groups is 1. The molecular weight excluding hydrogens is 273 g/mol. The van der Waals surface area contributed by atoms with E-state index in [-0.39, 0.29) is 11.9 Å². The number of rotatable bonds is 1. The Bertz CT molecular complexity index is 578. The zero-order chi connectivity index (χ0) is 15.1. The number of aliphatic hydroxyl groups excluding tert-OH is 1. The van der Waals surface area contributed by atoms with Gasteiger partial charge in [0.25, 0.3) is 5.91 Å². The van der Waals surface area contributed by atoms with Crippen molar-refractivity contribution in [3.63, 3.8) is 0 Å². The molecule has 21 heavy (non-hydrogen) atoms. The molecule has 1 saturated heterocycles. The summed E-state index contributed by atoms with van der Waals surface area (Å²) >= 11 is 0. The van der Waals surface area contributed by atoms with Crippen LogP contribution in [0.5, 0.6) is 0 Å². The summed E-state index contributed by atoms with van der Waals surface area (Å²) in [5, 5.41) is 12.3. The Balaban J connectivity index is 1.96. The van der Waals surface area contributed by atoms with Crippen molar-refractivity contribution in [1.29, 1.82) is 0 Å². The number of amides is 1. The van der Waals surface area contributed by atoms with Gasteiger partial charge in [-0.25, -0.2) is 4.39 Å². The van der Waals surface area contributed by atoms with Gasteiger partial charge in [-0.2, -0.15) is 0 Å². The Morgan fingerprint density at radius 2 is 2.14 bits per heavy atom. The largest absolute Gasteiger partial charge is 0.378 e.